The molecule has 2 heterocycles. The van der Waals surface area contributed by atoms with Crippen molar-refractivity contribution in [3.8, 4) is 28.1 Å². The Kier molecular flexibility index (Phi) is 4.26. The van der Waals surface area contributed by atoms with Crippen LogP contribution in [0.4, 0.5) is 0 Å². The van der Waals surface area contributed by atoms with Crippen LogP contribution in [0.5, 0.6) is 0 Å². The Labute approximate surface area is 168 Å². The minimum atomic E-state index is -0.0489. The molecule has 5 aromatic rings. The maximum atomic E-state index is 13.5. The molecule has 0 saturated heterocycles. The summed E-state index contributed by atoms with van der Waals surface area (Å²) in [6.07, 6.45) is 3.64. The number of para-hydroxylation sites is 1. The molecule has 0 bridgehead atoms. The van der Waals surface area contributed by atoms with Crippen LogP contribution in [0.15, 0.2) is 114 Å². The lowest BCUT2D eigenvalue weighted by atomic mass is 9.97. The lowest BCUT2D eigenvalue weighted by molar-refractivity contribution is 0.994. The number of aromatic nitrogens is 2. The molecule has 29 heavy (non-hydrogen) atoms. The maximum Gasteiger partial charge on any atom is 0.263 e. The van der Waals surface area contributed by atoms with Crippen molar-refractivity contribution in [3.05, 3.63) is 120 Å². The highest BCUT2D eigenvalue weighted by atomic mass is 16.1. The Bertz CT molecular complexity index is 1350. The molecule has 0 aliphatic carbocycles. The van der Waals surface area contributed by atoms with Crippen LogP contribution in [-0.2, 0) is 0 Å². The van der Waals surface area contributed by atoms with Crippen molar-refractivity contribution < 1.29 is 0 Å². The highest BCUT2D eigenvalue weighted by molar-refractivity contribution is 5.97. The van der Waals surface area contributed by atoms with Crippen molar-refractivity contribution in [2.45, 2.75) is 0 Å². The highest BCUT2D eigenvalue weighted by Crippen LogP contribution is 2.29. The number of hydrogen-bond acceptors (Lipinski definition) is 2. The molecular formula is C26H18N2O. The van der Waals surface area contributed by atoms with Gasteiger partial charge in [0.25, 0.3) is 5.56 Å². The second-order valence-corrected chi connectivity index (χ2v) is 6.89. The SMILES string of the molecule is O=c1c(-c2cccc3ccccc23)cc(-c2ccccn2)cn1-c1ccccc1. The van der Waals surface area contributed by atoms with Crippen LogP contribution in [0, 0.1) is 0 Å². The van der Waals surface area contributed by atoms with Crippen LogP contribution in [0.2, 0.25) is 0 Å². The Morgan fingerprint density at radius 3 is 2.28 bits per heavy atom. The lowest BCUT2D eigenvalue weighted by Crippen LogP contribution is -2.20. The summed E-state index contributed by atoms with van der Waals surface area (Å²) in [6, 6.07) is 31.7. The predicted octanol–water partition coefficient (Wildman–Crippen LogP) is 5.72. The second-order valence-electron chi connectivity index (χ2n) is 6.89. The number of fused-ring (bicyclic) bond motifs is 1. The van der Waals surface area contributed by atoms with Crippen LogP contribution < -0.4 is 5.56 Å². The third kappa shape index (κ3) is 3.13. The molecule has 2 aromatic heterocycles. The zero-order chi connectivity index (χ0) is 19.6. The average Bonchev–Trinajstić information content (AvgIpc) is 2.80. The first-order chi connectivity index (χ1) is 14.3. The Hall–Kier alpha value is -3.98. The fourth-order valence-corrected chi connectivity index (χ4v) is 3.69. The van der Waals surface area contributed by atoms with Gasteiger partial charge in [0, 0.05) is 29.2 Å². The van der Waals surface area contributed by atoms with Gasteiger partial charge in [0.1, 0.15) is 0 Å². The normalized spacial score (nSPS) is 10.9. The van der Waals surface area contributed by atoms with Crippen molar-refractivity contribution in [1.29, 1.82) is 0 Å². The van der Waals surface area contributed by atoms with Gasteiger partial charge in [-0.25, -0.2) is 0 Å². The zero-order valence-corrected chi connectivity index (χ0v) is 15.7. The van der Waals surface area contributed by atoms with Crippen molar-refractivity contribution in [1.82, 2.24) is 9.55 Å². The van der Waals surface area contributed by atoms with Crippen LogP contribution in [0.3, 0.4) is 0 Å². The summed E-state index contributed by atoms with van der Waals surface area (Å²) in [6.45, 7) is 0. The summed E-state index contributed by atoms with van der Waals surface area (Å²) in [5.74, 6) is 0. The van der Waals surface area contributed by atoms with Gasteiger partial charge >= 0.3 is 0 Å². The van der Waals surface area contributed by atoms with Gasteiger partial charge in [-0.05, 0) is 46.7 Å². The molecule has 0 amide bonds. The molecule has 0 atom stereocenters. The second kappa shape index (κ2) is 7.21. The molecule has 0 radical (unpaired) electrons. The van der Waals surface area contributed by atoms with E-state index in [9.17, 15) is 4.79 Å². The average molecular weight is 374 g/mol. The molecular weight excluding hydrogens is 356 g/mol. The molecule has 0 fully saturated rings. The number of hydrogen-bond donors (Lipinski definition) is 0. The molecule has 0 aliphatic rings. The van der Waals surface area contributed by atoms with E-state index in [2.05, 4.69) is 23.2 Å². The molecule has 0 aliphatic heterocycles. The monoisotopic (exact) mass is 374 g/mol. The molecule has 3 aromatic carbocycles. The van der Waals surface area contributed by atoms with E-state index in [4.69, 9.17) is 0 Å². The summed E-state index contributed by atoms with van der Waals surface area (Å²) in [5, 5.41) is 2.17. The topological polar surface area (TPSA) is 34.9 Å². The van der Waals surface area contributed by atoms with Crippen molar-refractivity contribution in [2.24, 2.45) is 0 Å². The van der Waals surface area contributed by atoms with E-state index in [-0.39, 0.29) is 5.56 Å². The van der Waals surface area contributed by atoms with Gasteiger partial charge in [0.05, 0.1) is 5.69 Å². The quantitative estimate of drug-likeness (QED) is 0.405. The van der Waals surface area contributed by atoms with Gasteiger partial charge in [-0.3, -0.25) is 14.3 Å². The number of nitrogens with zero attached hydrogens (tertiary/aromatic N) is 2. The van der Waals surface area contributed by atoms with Crippen LogP contribution in [0.25, 0.3) is 38.8 Å². The largest absolute Gasteiger partial charge is 0.283 e. The smallest absolute Gasteiger partial charge is 0.263 e. The van der Waals surface area contributed by atoms with E-state index in [1.165, 1.54) is 0 Å². The standard InChI is InChI=1S/C26H18N2O/c29-26-24(23-14-8-10-19-9-4-5-13-22(19)23)17-20(25-15-6-7-16-27-25)18-28(26)21-11-2-1-3-12-21/h1-18H. The summed E-state index contributed by atoms with van der Waals surface area (Å²) in [5.41, 5.74) is 4.10. The minimum absolute atomic E-state index is 0.0489. The molecule has 3 heteroatoms. The van der Waals surface area contributed by atoms with Gasteiger partial charge in [-0.1, -0.05) is 66.7 Å². The molecule has 0 N–H and O–H groups in total. The summed E-state index contributed by atoms with van der Waals surface area (Å²) < 4.78 is 1.71. The lowest BCUT2D eigenvalue weighted by Gasteiger charge is -2.13. The summed E-state index contributed by atoms with van der Waals surface area (Å²) >= 11 is 0. The molecule has 3 nitrogen and oxygen atoms in total. The van der Waals surface area contributed by atoms with Crippen molar-refractivity contribution >= 4 is 10.8 Å². The van der Waals surface area contributed by atoms with Gasteiger partial charge in [-0.15, -0.1) is 0 Å². The van der Waals surface area contributed by atoms with E-state index in [0.717, 1.165) is 33.3 Å². The number of pyridine rings is 2. The van der Waals surface area contributed by atoms with Gasteiger partial charge in [-0.2, -0.15) is 0 Å². The third-order valence-corrected chi connectivity index (χ3v) is 5.09. The van der Waals surface area contributed by atoms with E-state index < -0.39 is 0 Å². The Balaban J connectivity index is 1.84. The van der Waals surface area contributed by atoms with E-state index in [1.54, 1.807) is 10.8 Å². The van der Waals surface area contributed by atoms with Crippen LogP contribution in [-0.4, -0.2) is 9.55 Å². The number of rotatable bonds is 3. The molecule has 0 unspecified atom stereocenters. The van der Waals surface area contributed by atoms with Crippen molar-refractivity contribution in [3.63, 3.8) is 0 Å². The van der Waals surface area contributed by atoms with Crippen LogP contribution in [0.1, 0.15) is 0 Å². The third-order valence-electron chi connectivity index (χ3n) is 5.09. The first-order valence-corrected chi connectivity index (χ1v) is 9.53. The van der Waals surface area contributed by atoms with E-state index >= 15 is 0 Å². The molecule has 5 rings (SSSR count). The molecule has 138 valence electrons. The summed E-state index contributed by atoms with van der Waals surface area (Å²) in [4.78, 5) is 18.0. The van der Waals surface area contributed by atoms with Gasteiger partial charge < -0.3 is 0 Å². The van der Waals surface area contributed by atoms with Crippen LogP contribution >= 0.6 is 0 Å². The fraction of sp³-hybridized carbons (Fsp3) is 0. The van der Waals surface area contributed by atoms with Crippen molar-refractivity contribution in [2.75, 3.05) is 0 Å². The zero-order valence-electron chi connectivity index (χ0n) is 15.7. The summed E-state index contributed by atoms with van der Waals surface area (Å²) in [7, 11) is 0. The van der Waals surface area contributed by atoms with Gasteiger partial charge in [0.15, 0.2) is 0 Å². The van der Waals surface area contributed by atoms with E-state index in [1.807, 2.05) is 85.1 Å². The first kappa shape index (κ1) is 17.1. The number of benzene rings is 3. The molecule has 0 saturated carbocycles. The fourth-order valence-electron chi connectivity index (χ4n) is 3.69. The first-order valence-electron chi connectivity index (χ1n) is 9.53. The van der Waals surface area contributed by atoms with E-state index in [0.29, 0.717) is 5.56 Å². The maximum absolute atomic E-state index is 13.5. The Morgan fingerprint density at radius 2 is 1.45 bits per heavy atom. The van der Waals surface area contributed by atoms with Gasteiger partial charge in [0.2, 0.25) is 0 Å². The minimum Gasteiger partial charge on any atom is -0.283 e. The highest BCUT2D eigenvalue weighted by Gasteiger charge is 2.14. The Morgan fingerprint density at radius 1 is 0.690 bits per heavy atom. The molecule has 0 spiro atoms. The predicted molar refractivity (Wildman–Crippen MR) is 118 cm³/mol.